The summed E-state index contributed by atoms with van der Waals surface area (Å²) in [7, 11) is -7.19. The van der Waals surface area contributed by atoms with Gasteiger partial charge in [0, 0.05) is 4.57 Å². The highest BCUT2D eigenvalue weighted by Crippen LogP contribution is 2.30. The molecule has 0 fully saturated rings. The Balaban J connectivity index is 2.94. The fraction of sp³-hybridized carbons (Fsp3) is 0.143. The molecule has 10 heteroatoms. The highest BCUT2D eigenvalue weighted by Gasteiger charge is 2.24. The smallest absolute Gasteiger partial charge is 0.232 e. The lowest BCUT2D eigenvalue weighted by atomic mass is 10.4. The summed E-state index contributed by atoms with van der Waals surface area (Å²) in [4.78, 5) is 7.87. The second-order valence-corrected chi connectivity index (χ2v) is 5.71. The van der Waals surface area contributed by atoms with E-state index in [9.17, 15) is 13.0 Å². The summed E-state index contributed by atoms with van der Waals surface area (Å²) in [5.41, 5.74) is 0. The van der Waals surface area contributed by atoms with Crippen LogP contribution >= 0.6 is 31.5 Å². The van der Waals surface area contributed by atoms with Crippen molar-refractivity contribution in [2.75, 3.05) is 6.79 Å². The maximum atomic E-state index is 11.6. The summed E-state index contributed by atoms with van der Waals surface area (Å²) in [5.74, 6) is 0. The van der Waals surface area contributed by atoms with E-state index < -0.39 is 30.1 Å². The van der Waals surface area contributed by atoms with Crippen molar-refractivity contribution < 1.29 is 26.6 Å². The first-order chi connectivity index (χ1) is 7.84. The van der Waals surface area contributed by atoms with Gasteiger partial charge in [-0.3, -0.25) is 0 Å². The van der Waals surface area contributed by atoms with Crippen molar-refractivity contribution in [3.05, 3.63) is 28.2 Å². The Morgan fingerprint density at radius 1 is 1.29 bits per heavy atom. The van der Waals surface area contributed by atoms with Gasteiger partial charge in [-0.25, -0.2) is 4.18 Å². The molecule has 0 aliphatic heterocycles. The third-order valence-corrected chi connectivity index (χ3v) is 4.06. The van der Waals surface area contributed by atoms with Crippen LogP contribution in [0, 0.1) is 0 Å². The van der Waals surface area contributed by atoms with Crippen LogP contribution in [0.15, 0.2) is 23.1 Å². The first-order valence-electron chi connectivity index (χ1n) is 3.97. The second-order valence-electron chi connectivity index (χ2n) is 2.61. The predicted octanol–water partition coefficient (Wildman–Crippen LogP) is 2.32. The van der Waals surface area contributed by atoms with Crippen LogP contribution in [-0.4, -0.2) is 20.1 Å². The molecule has 1 N–H and O–H groups in total. The Labute approximate surface area is 108 Å². The van der Waals surface area contributed by atoms with Crippen molar-refractivity contribution in [1.82, 2.24) is 0 Å². The number of benzene rings is 1. The molecule has 1 aromatic rings. The van der Waals surface area contributed by atoms with Crippen LogP contribution in [0.1, 0.15) is 0 Å². The molecule has 0 saturated heterocycles. The average Bonchev–Trinajstić information content (AvgIpc) is 2.15. The van der Waals surface area contributed by atoms with Gasteiger partial charge in [0.1, 0.15) is 4.90 Å². The Morgan fingerprint density at radius 3 is 2.29 bits per heavy atom. The summed E-state index contributed by atoms with van der Waals surface area (Å²) in [6.07, 6.45) is 0. The van der Waals surface area contributed by atoms with E-state index in [0.717, 1.165) is 0 Å². The van der Waals surface area contributed by atoms with Gasteiger partial charge in [-0.05, 0) is 12.1 Å². The summed E-state index contributed by atoms with van der Waals surface area (Å²) in [6.45, 7) is -0.907. The standard InChI is InChI=1S/C7H5Cl2O6PS/c8-5-2-1-3-6(9)7(5)17(12,13)15-4-14-16(10)11/h1-3H,4H2/p+1. The van der Waals surface area contributed by atoms with E-state index in [1.54, 1.807) is 0 Å². The topological polar surface area (TPSA) is 89.9 Å². The largest absolute Gasteiger partial charge is 0.697 e. The Kier molecular flexibility index (Phi) is 5.27. The van der Waals surface area contributed by atoms with Gasteiger partial charge < -0.3 is 0 Å². The van der Waals surface area contributed by atoms with E-state index >= 15 is 0 Å². The minimum Gasteiger partial charge on any atom is -0.232 e. The molecule has 1 atom stereocenters. The van der Waals surface area contributed by atoms with E-state index in [1.807, 2.05) is 0 Å². The molecule has 17 heavy (non-hydrogen) atoms. The van der Waals surface area contributed by atoms with Gasteiger partial charge in [-0.2, -0.15) is 8.42 Å². The quantitative estimate of drug-likeness (QED) is 0.509. The molecule has 0 heterocycles. The first kappa shape index (κ1) is 14.8. The monoisotopic (exact) mass is 319 g/mol. The molecule has 0 aromatic heterocycles. The summed E-state index contributed by atoms with van der Waals surface area (Å²) < 4.78 is 41.8. The Morgan fingerprint density at radius 2 is 1.82 bits per heavy atom. The molecule has 0 aliphatic rings. The Hall–Kier alpha value is -0.270. The van der Waals surface area contributed by atoms with Crippen LogP contribution in [0.4, 0.5) is 0 Å². The lowest BCUT2D eigenvalue weighted by Gasteiger charge is -2.06. The molecule has 1 aromatic carbocycles. The second kappa shape index (κ2) is 6.06. The SMILES string of the molecule is O=[P+](O)OCOS(=O)(=O)c1c(Cl)cccc1Cl. The van der Waals surface area contributed by atoms with Crippen molar-refractivity contribution in [1.29, 1.82) is 0 Å². The van der Waals surface area contributed by atoms with E-state index in [4.69, 9.17) is 28.1 Å². The molecule has 0 saturated carbocycles. The number of hydrogen-bond acceptors (Lipinski definition) is 5. The molecule has 94 valence electrons. The maximum Gasteiger partial charge on any atom is 0.697 e. The normalized spacial score (nSPS) is 12.5. The number of halogens is 2. The van der Waals surface area contributed by atoms with E-state index in [1.165, 1.54) is 18.2 Å². The fourth-order valence-corrected chi connectivity index (χ4v) is 3.00. The summed E-state index contributed by atoms with van der Waals surface area (Å²) >= 11 is 11.3. The maximum absolute atomic E-state index is 11.6. The summed E-state index contributed by atoms with van der Waals surface area (Å²) in [5, 5.41) is -0.239. The molecule has 0 bridgehead atoms. The number of rotatable bonds is 5. The van der Waals surface area contributed by atoms with Gasteiger partial charge >= 0.3 is 18.4 Å². The van der Waals surface area contributed by atoms with Gasteiger partial charge in [0.25, 0.3) is 0 Å². The predicted molar refractivity (Wildman–Crippen MR) is 60.5 cm³/mol. The molecule has 1 unspecified atom stereocenters. The molecule has 0 amide bonds. The molecule has 0 spiro atoms. The molecular formula is C7H6Cl2O6PS+. The minimum absolute atomic E-state index is 0.120. The van der Waals surface area contributed by atoms with Crippen LogP contribution < -0.4 is 0 Å². The Bertz CT molecular complexity index is 511. The molecule has 1 rings (SSSR count). The van der Waals surface area contributed by atoms with Gasteiger partial charge in [-0.1, -0.05) is 33.8 Å². The van der Waals surface area contributed by atoms with E-state index in [2.05, 4.69) is 8.71 Å². The van der Waals surface area contributed by atoms with Crippen LogP contribution in [-0.2, 0) is 23.4 Å². The van der Waals surface area contributed by atoms with Crippen molar-refractivity contribution in [2.24, 2.45) is 0 Å². The molecule has 0 radical (unpaired) electrons. The third-order valence-electron chi connectivity index (χ3n) is 1.54. The number of hydrogen-bond donors (Lipinski definition) is 1. The van der Waals surface area contributed by atoms with Gasteiger partial charge in [-0.15, -0.1) is 4.89 Å². The highest BCUT2D eigenvalue weighted by molar-refractivity contribution is 7.87. The van der Waals surface area contributed by atoms with Crippen LogP contribution in [0.2, 0.25) is 10.0 Å². The van der Waals surface area contributed by atoms with E-state index in [-0.39, 0.29) is 10.0 Å². The summed E-state index contributed by atoms with van der Waals surface area (Å²) in [6, 6.07) is 4.10. The lowest BCUT2D eigenvalue weighted by molar-refractivity contribution is 0.121. The zero-order chi connectivity index (χ0) is 13.1. The highest BCUT2D eigenvalue weighted by atomic mass is 35.5. The minimum atomic E-state index is -4.25. The van der Waals surface area contributed by atoms with Crippen LogP contribution in [0.3, 0.4) is 0 Å². The molecule has 6 nitrogen and oxygen atoms in total. The van der Waals surface area contributed by atoms with E-state index in [0.29, 0.717) is 0 Å². The first-order valence-corrected chi connectivity index (χ1v) is 7.26. The zero-order valence-corrected chi connectivity index (χ0v) is 11.3. The van der Waals surface area contributed by atoms with Crippen LogP contribution in [0.5, 0.6) is 0 Å². The fourth-order valence-electron chi connectivity index (χ4n) is 0.910. The zero-order valence-electron chi connectivity index (χ0n) is 8.04. The van der Waals surface area contributed by atoms with Crippen molar-refractivity contribution >= 4 is 41.6 Å². The lowest BCUT2D eigenvalue weighted by Crippen LogP contribution is -2.09. The van der Waals surface area contributed by atoms with Crippen molar-refractivity contribution in [3.63, 3.8) is 0 Å². The molecule has 0 aliphatic carbocycles. The van der Waals surface area contributed by atoms with Crippen molar-refractivity contribution in [2.45, 2.75) is 4.90 Å². The molecular weight excluding hydrogens is 314 g/mol. The van der Waals surface area contributed by atoms with Crippen molar-refractivity contribution in [3.8, 4) is 0 Å². The van der Waals surface area contributed by atoms with Gasteiger partial charge in [0.2, 0.25) is 6.79 Å². The van der Waals surface area contributed by atoms with Gasteiger partial charge in [0.15, 0.2) is 0 Å². The van der Waals surface area contributed by atoms with Gasteiger partial charge in [0.05, 0.1) is 10.0 Å². The third kappa shape index (κ3) is 4.15. The average molecular weight is 320 g/mol. The van der Waals surface area contributed by atoms with Crippen LogP contribution in [0.25, 0.3) is 0 Å².